The monoisotopic (exact) mass is 230 g/mol. The summed E-state index contributed by atoms with van der Waals surface area (Å²) in [5.41, 5.74) is 1.37. The first-order chi connectivity index (χ1) is 8.24. The van der Waals surface area contributed by atoms with Crippen LogP contribution >= 0.6 is 0 Å². The van der Waals surface area contributed by atoms with Crippen molar-refractivity contribution in [1.82, 2.24) is 9.80 Å². The molecule has 0 radical (unpaired) electrons. The van der Waals surface area contributed by atoms with Gasteiger partial charge in [0.05, 0.1) is 0 Å². The number of hydrogen-bond acceptors (Lipinski definition) is 2. The summed E-state index contributed by atoms with van der Waals surface area (Å²) >= 11 is 0. The van der Waals surface area contributed by atoms with Gasteiger partial charge in [-0.25, -0.2) is 0 Å². The molecule has 1 unspecified atom stereocenters. The molecule has 1 atom stereocenters. The summed E-state index contributed by atoms with van der Waals surface area (Å²) in [5, 5.41) is 0. The highest BCUT2D eigenvalue weighted by Gasteiger charge is 2.28. The lowest BCUT2D eigenvalue weighted by Crippen LogP contribution is -2.35. The van der Waals surface area contributed by atoms with Crippen molar-refractivity contribution in [2.75, 3.05) is 6.54 Å². The second-order valence-electron chi connectivity index (χ2n) is 4.86. The fraction of sp³-hybridized carbons (Fsp3) is 0.467. The smallest absolute Gasteiger partial charge is 0.127 e. The van der Waals surface area contributed by atoms with E-state index in [1.165, 1.54) is 12.0 Å². The highest BCUT2D eigenvalue weighted by molar-refractivity contribution is 5.22. The average Bonchev–Trinajstić information content (AvgIpc) is 2.74. The third-order valence-electron chi connectivity index (χ3n) is 3.20. The molecular formula is C15H22N2. The molecular weight excluding hydrogens is 208 g/mol. The van der Waals surface area contributed by atoms with E-state index in [1.54, 1.807) is 0 Å². The Kier molecular flexibility index (Phi) is 3.72. The fourth-order valence-corrected chi connectivity index (χ4v) is 2.40. The van der Waals surface area contributed by atoms with Crippen molar-refractivity contribution < 1.29 is 0 Å². The Labute approximate surface area is 105 Å². The Morgan fingerprint density at radius 1 is 1.12 bits per heavy atom. The van der Waals surface area contributed by atoms with Crippen LogP contribution in [0.25, 0.3) is 0 Å². The minimum atomic E-state index is 0.371. The zero-order chi connectivity index (χ0) is 12.3. The number of rotatable bonds is 4. The quantitative estimate of drug-likeness (QED) is 0.780. The Hall–Kier alpha value is -1.44. The molecule has 1 aliphatic rings. The van der Waals surface area contributed by atoms with Crippen LogP contribution in [-0.2, 0) is 0 Å². The molecule has 1 heterocycles. The molecule has 0 bridgehead atoms. The van der Waals surface area contributed by atoms with Crippen molar-refractivity contribution in [2.24, 2.45) is 0 Å². The summed E-state index contributed by atoms with van der Waals surface area (Å²) in [5.74, 6) is 0. The lowest BCUT2D eigenvalue weighted by Gasteiger charge is -2.35. The molecule has 0 aromatic heterocycles. The number of hydrogen-bond donors (Lipinski definition) is 0. The van der Waals surface area contributed by atoms with Gasteiger partial charge < -0.3 is 9.80 Å². The largest absolute Gasteiger partial charge is 0.352 e. The topological polar surface area (TPSA) is 6.48 Å². The maximum atomic E-state index is 2.43. The second-order valence-corrected chi connectivity index (χ2v) is 4.86. The van der Waals surface area contributed by atoms with E-state index < -0.39 is 0 Å². The van der Waals surface area contributed by atoms with E-state index in [0.717, 1.165) is 6.54 Å². The summed E-state index contributed by atoms with van der Waals surface area (Å²) in [6, 6.07) is 11.3. The van der Waals surface area contributed by atoms with Crippen LogP contribution in [0.2, 0.25) is 0 Å². The molecule has 1 aromatic carbocycles. The first kappa shape index (κ1) is 12.0. The summed E-state index contributed by atoms with van der Waals surface area (Å²) in [6.45, 7) is 7.83. The zero-order valence-electron chi connectivity index (χ0n) is 11.0. The van der Waals surface area contributed by atoms with Crippen molar-refractivity contribution in [3.05, 3.63) is 48.3 Å². The third-order valence-corrected chi connectivity index (χ3v) is 3.20. The zero-order valence-corrected chi connectivity index (χ0v) is 11.0. The molecule has 0 N–H and O–H groups in total. The fourth-order valence-electron chi connectivity index (χ4n) is 2.40. The van der Waals surface area contributed by atoms with E-state index in [-0.39, 0.29) is 0 Å². The predicted octanol–water partition coefficient (Wildman–Crippen LogP) is 3.59. The van der Waals surface area contributed by atoms with Gasteiger partial charge in [-0.15, -0.1) is 0 Å². The van der Waals surface area contributed by atoms with E-state index in [4.69, 9.17) is 0 Å². The molecule has 0 saturated heterocycles. The van der Waals surface area contributed by atoms with E-state index in [0.29, 0.717) is 12.2 Å². The van der Waals surface area contributed by atoms with Gasteiger partial charge in [0.2, 0.25) is 0 Å². The molecule has 0 saturated carbocycles. The van der Waals surface area contributed by atoms with Crippen molar-refractivity contribution in [2.45, 2.75) is 39.4 Å². The van der Waals surface area contributed by atoms with Crippen LogP contribution in [-0.4, -0.2) is 22.4 Å². The second kappa shape index (κ2) is 5.26. The van der Waals surface area contributed by atoms with Gasteiger partial charge >= 0.3 is 0 Å². The Bertz CT molecular complexity index is 370. The van der Waals surface area contributed by atoms with Gasteiger partial charge in [-0.1, -0.05) is 37.3 Å². The lowest BCUT2D eigenvalue weighted by molar-refractivity contribution is 0.128. The Morgan fingerprint density at radius 2 is 1.82 bits per heavy atom. The number of nitrogens with zero attached hydrogens (tertiary/aromatic N) is 2. The predicted molar refractivity (Wildman–Crippen MR) is 72.3 cm³/mol. The SMILES string of the molecule is CCCN1C=CN(C(C)C)C1c1ccccc1. The van der Waals surface area contributed by atoms with Crippen LogP contribution in [0.4, 0.5) is 0 Å². The molecule has 2 rings (SSSR count). The van der Waals surface area contributed by atoms with Gasteiger partial charge in [-0.05, 0) is 25.8 Å². The summed E-state index contributed by atoms with van der Waals surface area (Å²) in [6.07, 6.45) is 6.00. The molecule has 1 aliphatic heterocycles. The summed E-state index contributed by atoms with van der Waals surface area (Å²) < 4.78 is 0. The van der Waals surface area contributed by atoms with E-state index in [2.05, 4.69) is 73.3 Å². The lowest BCUT2D eigenvalue weighted by atomic mass is 10.1. The van der Waals surface area contributed by atoms with Gasteiger partial charge in [0.1, 0.15) is 6.17 Å². The van der Waals surface area contributed by atoms with Gasteiger partial charge in [-0.2, -0.15) is 0 Å². The first-order valence-electron chi connectivity index (χ1n) is 6.50. The number of benzene rings is 1. The first-order valence-corrected chi connectivity index (χ1v) is 6.50. The van der Waals surface area contributed by atoms with Crippen molar-refractivity contribution >= 4 is 0 Å². The third kappa shape index (κ3) is 2.46. The summed E-state index contributed by atoms with van der Waals surface area (Å²) in [7, 11) is 0. The van der Waals surface area contributed by atoms with Gasteiger partial charge in [0, 0.05) is 25.0 Å². The van der Waals surface area contributed by atoms with E-state index >= 15 is 0 Å². The molecule has 2 heteroatoms. The van der Waals surface area contributed by atoms with Crippen LogP contribution < -0.4 is 0 Å². The van der Waals surface area contributed by atoms with E-state index in [1.807, 2.05) is 0 Å². The minimum absolute atomic E-state index is 0.371. The average molecular weight is 230 g/mol. The molecule has 0 amide bonds. The van der Waals surface area contributed by atoms with Gasteiger partial charge in [0.25, 0.3) is 0 Å². The maximum Gasteiger partial charge on any atom is 0.127 e. The van der Waals surface area contributed by atoms with Crippen LogP contribution in [0.3, 0.4) is 0 Å². The van der Waals surface area contributed by atoms with Gasteiger partial charge in [0.15, 0.2) is 0 Å². The van der Waals surface area contributed by atoms with Crippen molar-refractivity contribution in [3.8, 4) is 0 Å². The normalized spacial score (nSPS) is 19.4. The molecule has 92 valence electrons. The molecule has 1 aromatic rings. The van der Waals surface area contributed by atoms with Gasteiger partial charge in [-0.3, -0.25) is 0 Å². The van der Waals surface area contributed by atoms with Crippen molar-refractivity contribution in [3.63, 3.8) is 0 Å². The Balaban J connectivity index is 2.25. The molecule has 0 fully saturated rings. The van der Waals surface area contributed by atoms with E-state index in [9.17, 15) is 0 Å². The Morgan fingerprint density at radius 3 is 2.41 bits per heavy atom. The van der Waals surface area contributed by atoms with Crippen LogP contribution in [0.15, 0.2) is 42.7 Å². The van der Waals surface area contributed by atoms with Crippen LogP contribution in [0, 0.1) is 0 Å². The van der Waals surface area contributed by atoms with Crippen LogP contribution in [0.5, 0.6) is 0 Å². The van der Waals surface area contributed by atoms with Crippen molar-refractivity contribution in [1.29, 1.82) is 0 Å². The molecule has 0 aliphatic carbocycles. The summed E-state index contributed by atoms with van der Waals surface area (Å²) in [4.78, 5) is 4.85. The minimum Gasteiger partial charge on any atom is -0.352 e. The van der Waals surface area contributed by atoms with Crippen LogP contribution in [0.1, 0.15) is 38.9 Å². The molecule has 2 nitrogen and oxygen atoms in total. The standard InChI is InChI=1S/C15H22N2/c1-4-10-16-11-12-17(13(2)3)15(16)14-8-6-5-7-9-14/h5-9,11-13,15H,4,10H2,1-3H3. The highest BCUT2D eigenvalue weighted by atomic mass is 15.4. The molecule has 0 spiro atoms. The maximum absolute atomic E-state index is 2.43. The highest BCUT2D eigenvalue weighted by Crippen LogP contribution is 2.32. The molecule has 17 heavy (non-hydrogen) atoms.